The lowest BCUT2D eigenvalue weighted by Crippen LogP contribution is -2.48. The van der Waals surface area contributed by atoms with Crippen LogP contribution in [0.25, 0.3) is 0 Å². The first-order valence-corrected chi connectivity index (χ1v) is 12.1. The molecule has 0 atom stereocenters. The van der Waals surface area contributed by atoms with Crippen molar-refractivity contribution in [3.8, 4) is 0 Å². The van der Waals surface area contributed by atoms with Crippen molar-refractivity contribution in [2.75, 3.05) is 43.8 Å². The van der Waals surface area contributed by atoms with Crippen LogP contribution < -0.4 is 5.32 Å². The molecule has 29 heavy (non-hydrogen) atoms. The van der Waals surface area contributed by atoms with E-state index in [4.69, 9.17) is 0 Å². The first kappa shape index (κ1) is 21.8. The molecule has 0 spiro atoms. The lowest BCUT2D eigenvalue weighted by atomic mass is 10.2. The first-order chi connectivity index (χ1) is 13.9. The fourth-order valence-electron chi connectivity index (χ4n) is 3.20. The third kappa shape index (κ3) is 5.60. The summed E-state index contributed by atoms with van der Waals surface area (Å²) in [7, 11) is -3.50. The van der Waals surface area contributed by atoms with Gasteiger partial charge in [0.2, 0.25) is 15.9 Å². The van der Waals surface area contributed by atoms with E-state index in [1.807, 2.05) is 31.2 Å². The van der Waals surface area contributed by atoms with Gasteiger partial charge in [0.15, 0.2) is 0 Å². The van der Waals surface area contributed by atoms with E-state index < -0.39 is 10.0 Å². The van der Waals surface area contributed by atoms with Crippen LogP contribution in [0.4, 0.5) is 5.69 Å². The molecule has 1 N–H and O–H groups in total. The van der Waals surface area contributed by atoms with Gasteiger partial charge in [0.25, 0.3) is 0 Å². The Morgan fingerprint density at radius 1 is 1.03 bits per heavy atom. The van der Waals surface area contributed by atoms with Crippen LogP contribution in [0.15, 0.2) is 58.3 Å². The van der Waals surface area contributed by atoms with Crippen LogP contribution in [0.3, 0.4) is 0 Å². The molecule has 0 bridgehead atoms. The highest BCUT2D eigenvalue weighted by Gasteiger charge is 2.27. The van der Waals surface area contributed by atoms with Crippen LogP contribution in [-0.4, -0.2) is 62.0 Å². The number of nitrogens with one attached hydrogen (secondary N) is 1. The third-order valence-electron chi connectivity index (χ3n) is 5.01. The topological polar surface area (TPSA) is 69.7 Å². The van der Waals surface area contributed by atoms with Crippen molar-refractivity contribution in [2.45, 2.75) is 23.6 Å². The van der Waals surface area contributed by atoms with E-state index in [1.54, 1.807) is 24.3 Å². The Labute approximate surface area is 177 Å². The van der Waals surface area contributed by atoms with Crippen molar-refractivity contribution in [3.63, 3.8) is 0 Å². The maximum Gasteiger partial charge on any atom is 0.243 e. The molecule has 1 aliphatic heterocycles. The molecule has 156 valence electrons. The number of carbonyl (C=O) groups is 1. The Morgan fingerprint density at radius 3 is 2.31 bits per heavy atom. The minimum Gasteiger partial charge on any atom is -0.325 e. The normalized spacial score (nSPS) is 15.9. The van der Waals surface area contributed by atoms with Gasteiger partial charge < -0.3 is 10.2 Å². The van der Waals surface area contributed by atoms with Gasteiger partial charge in [-0.3, -0.25) is 4.79 Å². The molecule has 0 saturated carbocycles. The average Bonchev–Trinajstić information content (AvgIpc) is 2.73. The predicted molar refractivity (Wildman–Crippen MR) is 118 cm³/mol. The van der Waals surface area contributed by atoms with Crippen LogP contribution >= 0.6 is 11.8 Å². The molecule has 1 fully saturated rings. The van der Waals surface area contributed by atoms with Crippen molar-refractivity contribution in [1.82, 2.24) is 9.21 Å². The Balaban J connectivity index is 1.57. The Bertz CT molecular complexity index is 938. The summed E-state index contributed by atoms with van der Waals surface area (Å²) in [5.74, 6) is 0.177. The van der Waals surface area contributed by atoms with Gasteiger partial charge in [-0.2, -0.15) is 4.31 Å². The second-order valence-electron chi connectivity index (χ2n) is 6.97. The number of carbonyl (C=O) groups excluding carboxylic acids is 1. The van der Waals surface area contributed by atoms with Gasteiger partial charge in [-0.05, 0) is 49.4 Å². The van der Waals surface area contributed by atoms with Gasteiger partial charge >= 0.3 is 0 Å². The Morgan fingerprint density at radius 2 is 1.69 bits per heavy atom. The summed E-state index contributed by atoms with van der Waals surface area (Å²) in [6.45, 7) is 7.54. The number of nitrogens with zero attached hydrogens (tertiary/aromatic N) is 2. The standard InChI is InChI=1S/C21H27N3O3S2/c1-3-23-12-14-24(15-13-23)29(26,27)19-10-8-18(9-11-19)22-21(25)16-28-20-7-5-4-6-17(20)2/h4-11H,3,12-16H2,1-2H3,(H,22,25). The molecule has 0 unspecified atom stereocenters. The molecular weight excluding hydrogens is 406 g/mol. The van der Waals surface area contributed by atoms with Gasteiger partial charge in [0.1, 0.15) is 0 Å². The SMILES string of the molecule is CCN1CCN(S(=O)(=O)c2ccc(NC(=O)CSc3ccccc3C)cc2)CC1. The highest BCUT2D eigenvalue weighted by atomic mass is 32.2. The molecule has 3 rings (SSSR count). The molecule has 0 aromatic heterocycles. The molecule has 6 nitrogen and oxygen atoms in total. The number of thioether (sulfide) groups is 1. The molecule has 8 heteroatoms. The summed E-state index contributed by atoms with van der Waals surface area (Å²) in [4.78, 5) is 15.8. The Hall–Kier alpha value is -1.87. The van der Waals surface area contributed by atoms with E-state index in [0.29, 0.717) is 24.5 Å². The van der Waals surface area contributed by atoms with Crippen molar-refractivity contribution >= 4 is 33.4 Å². The maximum atomic E-state index is 12.8. The summed E-state index contributed by atoms with van der Waals surface area (Å²) >= 11 is 1.48. The summed E-state index contributed by atoms with van der Waals surface area (Å²) < 4.78 is 27.2. The summed E-state index contributed by atoms with van der Waals surface area (Å²) in [5.41, 5.74) is 1.73. The number of benzene rings is 2. The van der Waals surface area contributed by atoms with E-state index in [1.165, 1.54) is 16.1 Å². The summed E-state index contributed by atoms with van der Waals surface area (Å²) in [6.07, 6.45) is 0. The number of rotatable bonds is 7. The zero-order valence-corrected chi connectivity index (χ0v) is 18.4. The van der Waals surface area contributed by atoms with E-state index in [2.05, 4.69) is 17.1 Å². The molecule has 0 aliphatic carbocycles. The zero-order chi connectivity index (χ0) is 20.9. The van der Waals surface area contributed by atoms with Crippen molar-refractivity contribution < 1.29 is 13.2 Å². The van der Waals surface area contributed by atoms with Gasteiger partial charge in [0, 0.05) is 36.8 Å². The number of sulfonamides is 1. The average molecular weight is 434 g/mol. The van der Waals surface area contributed by atoms with E-state index >= 15 is 0 Å². The van der Waals surface area contributed by atoms with E-state index in [9.17, 15) is 13.2 Å². The highest BCUT2D eigenvalue weighted by molar-refractivity contribution is 8.00. The Kier molecular flexibility index (Phi) is 7.34. The molecule has 1 aliphatic rings. The van der Waals surface area contributed by atoms with Crippen LogP contribution in [0, 0.1) is 6.92 Å². The fraction of sp³-hybridized carbons (Fsp3) is 0.381. The lowest BCUT2D eigenvalue weighted by Gasteiger charge is -2.33. The molecule has 1 saturated heterocycles. The van der Waals surface area contributed by atoms with Gasteiger partial charge in [-0.25, -0.2) is 8.42 Å². The van der Waals surface area contributed by atoms with Crippen LogP contribution in [0.2, 0.25) is 0 Å². The lowest BCUT2D eigenvalue weighted by molar-refractivity contribution is -0.113. The molecule has 1 heterocycles. The molecular formula is C21H27N3O3S2. The van der Waals surface area contributed by atoms with Gasteiger partial charge in [-0.1, -0.05) is 25.1 Å². The van der Waals surface area contributed by atoms with Crippen LogP contribution in [-0.2, 0) is 14.8 Å². The molecule has 2 aromatic carbocycles. The van der Waals surface area contributed by atoms with Gasteiger partial charge in [-0.15, -0.1) is 11.8 Å². The molecule has 2 aromatic rings. The first-order valence-electron chi connectivity index (χ1n) is 9.71. The van der Waals surface area contributed by atoms with E-state index in [0.717, 1.165) is 30.1 Å². The number of hydrogen-bond donors (Lipinski definition) is 1. The third-order valence-corrected chi connectivity index (χ3v) is 8.10. The maximum absolute atomic E-state index is 12.8. The van der Waals surface area contributed by atoms with Gasteiger partial charge in [0.05, 0.1) is 10.6 Å². The second kappa shape index (κ2) is 9.75. The van der Waals surface area contributed by atoms with Crippen LogP contribution in [0.5, 0.6) is 0 Å². The second-order valence-corrected chi connectivity index (χ2v) is 9.92. The monoisotopic (exact) mass is 433 g/mol. The van der Waals surface area contributed by atoms with Crippen molar-refractivity contribution in [3.05, 3.63) is 54.1 Å². The smallest absolute Gasteiger partial charge is 0.243 e. The fourth-order valence-corrected chi connectivity index (χ4v) is 5.46. The zero-order valence-electron chi connectivity index (χ0n) is 16.8. The molecule has 0 radical (unpaired) electrons. The van der Waals surface area contributed by atoms with Crippen molar-refractivity contribution in [2.24, 2.45) is 0 Å². The quantitative estimate of drug-likeness (QED) is 0.680. The summed E-state index contributed by atoms with van der Waals surface area (Å²) in [5, 5.41) is 2.83. The number of amides is 1. The highest BCUT2D eigenvalue weighted by Crippen LogP contribution is 2.23. The minimum atomic E-state index is -3.50. The predicted octanol–water partition coefficient (Wildman–Crippen LogP) is 3.05. The molecule has 1 amide bonds. The summed E-state index contributed by atoms with van der Waals surface area (Å²) in [6, 6.07) is 14.3. The largest absolute Gasteiger partial charge is 0.325 e. The minimum absolute atomic E-state index is 0.121. The van der Waals surface area contributed by atoms with E-state index in [-0.39, 0.29) is 10.8 Å². The number of piperazine rings is 1. The number of aryl methyl sites for hydroxylation is 1. The number of anilines is 1. The van der Waals surface area contributed by atoms with Crippen molar-refractivity contribution in [1.29, 1.82) is 0 Å². The number of hydrogen-bond acceptors (Lipinski definition) is 5. The van der Waals surface area contributed by atoms with Crippen LogP contribution in [0.1, 0.15) is 12.5 Å². The number of likely N-dealkylation sites (N-methyl/N-ethyl adjacent to an activating group) is 1.